The Labute approximate surface area is 122 Å². The number of anilines is 1. The minimum absolute atomic E-state index is 0.260. The number of hydrogen-bond acceptors (Lipinski definition) is 4. The molecule has 0 bridgehead atoms. The summed E-state index contributed by atoms with van der Waals surface area (Å²) in [4.78, 5) is 11.9. The number of amides is 1. The van der Waals surface area contributed by atoms with Gasteiger partial charge in [-0.15, -0.1) is 10.2 Å². The first kappa shape index (κ1) is 14.9. The molecule has 0 saturated carbocycles. The lowest BCUT2D eigenvalue weighted by atomic mass is 10.1. The van der Waals surface area contributed by atoms with Crippen molar-refractivity contribution < 1.29 is 9.18 Å². The number of hydrogen-bond donors (Lipinski definition) is 2. The lowest BCUT2D eigenvalue weighted by Crippen LogP contribution is -2.26. The van der Waals surface area contributed by atoms with Crippen LogP contribution in [0.25, 0.3) is 0 Å². The fourth-order valence-electron chi connectivity index (χ4n) is 1.83. The highest BCUT2D eigenvalue weighted by molar-refractivity contribution is 5.92. The Morgan fingerprint density at radius 2 is 2.10 bits per heavy atom. The summed E-state index contributed by atoms with van der Waals surface area (Å²) in [6, 6.07) is 9.64. The van der Waals surface area contributed by atoms with E-state index in [4.69, 9.17) is 0 Å². The summed E-state index contributed by atoms with van der Waals surface area (Å²) in [5, 5.41) is 13.5. The van der Waals surface area contributed by atoms with Crippen LogP contribution in [0.4, 0.5) is 10.2 Å². The molecule has 0 atom stereocenters. The van der Waals surface area contributed by atoms with E-state index in [-0.39, 0.29) is 17.4 Å². The van der Waals surface area contributed by atoms with E-state index in [0.717, 1.165) is 12.1 Å². The summed E-state index contributed by atoms with van der Waals surface area (Å²) < 4.78 is 13.0. The molecule has 0 saturated heterocycles. The largest absolute Gasteiger partial charge is 0.369 e. The lowest BCUT2D eigenvalue weighted by molar-refractivity contribution is 0.0948. The second-order valence-corrected chi connectivity index (χ2v) is 4.47. The predicted octanol–water partition coefficient (Wildman–Crippen LogP) is 2.02. The van der Waals surface area contributed by atoms with Crippen molar-refractivity contribution in [3.05, 3.63) is 53.5 Å². The molecule has 0 aliphatic rings. The van der Waals surface area contributed by atoms with Crippen molar-refractivity contribution in [2.45, 2.75) is 13.3 Å². The molecule has 1 aromatic heterocycles. The molecule has 0 unspecified atom stereocenters. The summed E-state index contributed by atoms with van der Waals surface area (Å²) >= 11 is 0. The smallest absolute Gasteiger partial charge is 0.271 e. The number of benzene rings is 1. The minimum atomic E-state index is -0.290. The third kappa shape index (κ3) is 4.52. The first-order valence-corrected chi connectivity index (χ1v) is 6.79. The van der Waals surface area contributed by atoms with Gasteiger partial charge in [0.05, 0.1) is 0 Å². The van der Waals surface area contributed by atoms with Gasteiger partial charge in [-0.05, 0) is 43.2 Å². The van der Waals surface area contributed by atoms with Crippen LogP contribution in [0.1, 0.15) is 23.0 Å². The zero-order valence-corrected chi connectivity index (χ0v) is 11.8. The van der Waals surface area contributed by atoms with Gasteiger partial charge in [0.2, 0.25) is 0 Å². The third-order valence-electron chi connectivity index (χ3n) is 2.84. The Balaban J connectivity index is 1.84. The number of halogens is 1. The molecule has 1 aromatic carbocycles. The monoisotopic (exact) mass is 288 g/mol. The zero-order valence-electron chi connectivity index (χ0n) is 11.8. The second kappa shape index (κ2) is 7.33. The Morgan fingerprint density at radius 1 is 1.24 bits per heavy atom. The van der Waals surface area contributed by atoms with Gasteiger partial charge in [-0.25, -0.2) is 4.39 Å². The molecule has 2 aromatic rings. The van der Waals surface area contributed by atoms with E-state index in [1.54, 1.807) is 18.2 Å². The quantitative estimate of drug-likeness (QED) is 0.853. The number of nitrogens with zero attached hydrogens (tertiary/aromatic N) is 2. The number of nitrogens with one attached hydrogen (secondary N) is 2. The second-order valence-electron chi connectivity index (χ2n) is 4.47. The van der Waals surface area contributed by atoms with Crippen molar-refractivity contribution in [1.29, 1.82) is 0 Å². The van der Waals surface area contributed by atoms with Crippen LogP contribution >= 0.6 is 0 Å². The molecule has 0 fully saturated rings. The molecule has 0 aliphatic carbocycles. The maximum Gasteiger partial charge on any atom is 0.271 e. The van der Waals surface area contributed by atoms with Gasteiger partial charge in [0.15, 0.2) is 5.69 Å². The van der Waals surface area contributed by atoms with Crippen molar-refractivity contribution in [2.24, 2.45) is 0 Å². The topological polar surface area (TPSA) is 66.9 Å². The van der Waals surface area contributed by atoms with Crippen molar-refractivity contribution in [3.63, 3.8) is 0 Å². The molecule has 0 aliphatic heterocycles. The van der Waals surface area contributed by atoms with Gasteiger partial charge in [-0.3, -0.25) is 4.79 Å². The van der Waals surface area contributed by atoms with Crippen molar-refractivity contribution >= 4 is 11.7 Å². The molecule has 0 radical (unpaired) electrons. The van der Waals surface area contributed by atoms with E-state index >= 15 is 0 Å². The molecular weight excluding hydrogens is 271 g/mol. The van der Waals surface area contributed by atoms with Crippen LogP contribution in [0.2, 0.25) is 0 Å². The van der Waals surface area contributed by atoms with Crippen LogP contribution in [0.15, 0.2) is 36.4 Å². The van der Waals surface area contributed by atoms with Crippen molar-refractivity contribution in [2.75, 3.05) is 18.4 Å². The third-order valence-corrected chi connectivity index (χ3v) is 2.84. The van der Waals surface area contributed by atoms with Crippen LogP contribution in [-0.2, 0) is 6.42 Å². The highest BCUT2D eigenvalue weighted by Crippen LogP contribution is 2.04. The molecule has 1 heterocycles. The van der Waals surface area contributed by atoms with Gasteiger partial charge < -0.3 is 10.6 Å². The molecule has 2 N–H and O–H groups in total. The maximum absolute atomic E-state index is 13.0. The number of carbonyl (C=O) groups excluding carboxylic acids is 1. The van der Waals surface area contributed by atoms with Crippen molar-refractivity contribution in [1.82, 2.24) is 15.5 Å². The van der Waals surface area contributed by atoms with Gasteiger partial charge in [-0.2, -0.15) is 0 Å². The minimum Gasteiger partial charge on any atom is -0.369 e. The lowest BCUT2D eigenvalue weighted by Gasteiger charge is -2.05. The van der Waals surface area contributed by atoms with E-state index in [9.17, 15) is 9.18 Å². The van der Waals surface area contributed by atoms with E-state index < -0.39 is 0 Å². The Bertz CT molecular complexity index is 601. The summed E-state index contributed by atoms with van der Waals surface area (Å²) in [5.41, 5.74) is 1.10. The van der Waals surface area contributed by atoms with Gasteiger partial charge in [0.25, 0.3) is 5.91 Å². The molecule has 0 spiro atoms. The first-order valence-electron chi connectivity index (χ1n) is 6.79. The molecule has 5 nitrogen and oxygen atoms in total. The van der Waals surface area contributed by atoms with E-state index in [1.165, 1.54) is 12.1 Å². The molecule has 2 rings (SSSR count). The first-order chi connectivity index (χ1) is 10.2. The summed E-state index contributed by atoms with van der Waals surface area (Å²) in [5.74, 6) is 0.0690. The highest BCUT2D eigenvalue weighted by Gasteiger charge is 2.07. The Kier molecular flexibility index (Phi) is 5.20. The molecule has 6 heteroatoms. The molecule has 110 valence electrons. The van der Waals surface area contributed by atoms with Gasteiger partial charge in [0, 0.05) is 13.1 Å². The van der Waals surface area contributed by atoms with Crippen LogP contribution in [-0.4, -0.2) is 29.2 Å². The SMILES string of the molecule is CCNc1ccc(C(=O)NCCc2cccc(F)c2)nn1. The fourth-order valence-corrected chi connectivity index (χ4v) is 1.83. The zero-order chi connectivity index (χ0) is 15.1. The summed E-state index contributed by atoms with van der Waals surface area (Å²) in [7, 11) is 0. The number of carbonyl (C=O) groups is 1. The van der Waals surface area contributed by atoms with E-state index in [0.29, 0.717) is 18.8 Å². The van der Waals surface area contributed by atoms with E-state index in [1.807, 2.05) is 13.0 Å². The van der Waals surface area contributed by atoms with Crippen molar-refractivity contribution in [3.8, 4) is 0 Å². The van der Waals surface area contributed by atoms with Gasteiger partial charge in [-0.1, -0.05) is 12.1 Å². The van der Waals surface area contributed by atoms with Crippen LogP contribution in [0, 0.1) is 5.82 Å². The molecular formula is C15H17FN4O. The Morgan fingerprint density at radius 3 is 2.76 bits per heavy atom. The summed E-state index contributed by atoms with van der Waals surface area (Å²) in [6.07, 6.45) is 0.562. The predicted molar refractivity (Wildman–Crippen MR) is 78.6 cm³/mol. The van der Waals surface area contributed by atoms with E-state index in [2.05, 4.69) is 20.8 Å². The van der Waals surface area contributed by atoms with Gasteiger partial charge in [0.1, 0.15) is 11.6 Å². The number of rotatable bonds is 6. The molecule has 21 heavy (non-hydrogen) atoms. The van der Waals surface area contributed by atoms with Gasteiger partial charge >= 0.3 is 0 Å². The highest BCUT2D eigenvalue weighted by atomic mass is 19.1. The number of aromatic nitrogens is 2. The van der Waals surface area contributed by atoms with Crippen LogP contribution < -0.4 is 10.6 Å². The standard InChI is InChI=1S/C15H17FN4O/c1-2-17-14-7-6-13(19-20-14)15(21)18-9-8-11-4-3-5-12(16)10-11/h3-7,10H,2,8-9H2,1H3,(H,17,20)(H,18,21). The van der Waals surface area contributed by atoms with Crippen LogP contribution in [0.3, 0.4) is 0 Å². The fraction of sp³-hybridized carbons (Fsp3) is 0.267. The average Bonchev–Trinajstić information content (AvgIpc) is 2.48. The van der Waals surface area contributed by atoms with Crippen LogP contribution in [0.5, 0.6) is 0 Å². The Hall–Kier alpha value is -2.50. The normalized spacial score (nSPS) is 10.2. The average molecular weight is 288 g/mol. The maximum atomic E-state index is 13.0. The molecule has 1 amide bonds. The summed E-state index contributed by atoms with van der Waals surface area (Å²) in [6.45, 7) is 3.11.